The molecule has 0 aliphatic carbocycles. The minimum Gasteiger partial charge on any atom is -0.454 e. The Bertz CT molecular complexity index is 793. The number of carbonyl (C=O) groups is 1. The van der Waals surface area contributed by atoms with Crippen molar-refractivity contribution in [3.63, 3.8) is 0 Å². The van der Waals surface area contributed by atoms with Crippen LogP contribution in [-0.4, -0.2) is 58.8 Å². The largest absolute Gasteiger partial charge is 0.454 e. The van der Waals surface area contributed by atoms with Gasteiger partial charge < -0.3 is 25.3 Å². The number of aliphatic imine (C=N–C) groups is 1. The molecule has 1 saturated heterocycles. The molecule has 1 fully saturated rings. The number of rotatable bonds is 6. The number of nitrogens with zero attached hydrogens (tertiary/aromatic N) is 5. The zero-order chi connectivity index (χ0) is 19.2. The summed E-state index contributed by atoms with van der Waals surface area (Å²) in [7, 11) is 0. The normalized spacial score (nSPS) is 15.3. The van der Waals surface area contributed by atoms with Crippen molar-refractivity contribution in [3.8, 4) is 0 Å². The van der Waals surface area contributed by atoms with Gasteiger partial charge >= 0.3 is 0 Å². The van der Waals surface area contributed by atoms with Gasteiger partial charge in [0.25, 0.3) is 5.91 Å². The summed E-state index contributed by atoms with van der Waals surface area (Å²) in [5, 5.41) is 4.31. The highest BCUT2D eigenvalue weighted by Gasteiger charge is 2.22. The van der Waals surface area contributed by atoms with Crippen LogP contribution in [0.1, 0.15) is 36.0 Å². The highest BCUT2D eigenvalue weighted by atomic mass is 32.1. The van der Waals surface area contributed by atoms with Gasteiger partial charge in [0.1, 0.15) is 18.1 Å². The summed E-state index contributed by atoms with van der Waals surface area (Å²) in [6.07, 6.45) is 0.859. The van der Waals surface area contributed by atoms with Gasteiger partial charge in [-0.05, 0) is 19.1 Å². The van der Waals surface area contributed by atoms with E-state index in [9.17, 15) is 4.79 Å². The smallest absolute Gasteiger partial charge is 0.284 e. The number of carbonyl (C=O) groups excluding carboxylic acids is 1. The molecule has 2 aromatic rings. The number of hydrogen-bond donors (Lipinski definition) is 2. The van der Waals surface area contributed by atoms with Crippen LogP contribution >= 0.6 is 11.5 Å². The van der Waals surface area contributed by atoms with Gasteiger partial charge in [0.2, 0.25) is 5.13 Å². The van der Waals surface area contributed by atoms with Gasteiger partial charge in [-0.25, -0.2) is 9.98 Å². The lowest BCUT2D eigenvalue weighted by molar-refractivity contribution is 0.0972. The first-order valence-electron chi connectivity index (χ1n) is 9.10. The number of nitrogens with one attached hydrogen (secondary N) is 1. The van der Waals surface area contributed by atoms with Gasteiger partial charge in [-0.2, -0.15) is 4.37 Å². The van der Waals surface area contributed by atoms with E-state index in [0.717, 1.165) is 56.1 Å². The standard InChI is InChI=1S/C17H25N7O2S/c1-3-14-21-17(27-22-14)24-9-7-23(8-10-24)16(19-4-2)20-11-12-5-6-13(26-12)15(18)25/h5-6H,3-4,7-11H2,1-2H3,(H2,18,25)(H,19,20). The Kier molecular flexibility index (Phi) is 6.28. The topological polar surface area (TPSA) is 113 Å². The van der Waals surface area contributed by atoms with E-state index in [-0.39, 0.29) is 5.76 Å². The van der Waals surface area contributed by atoms with E-state index in [1.165, 1.54) is 11.5 Å². The van der Waals surface area contributed by atoms with Gasteiger partial charge in [-0.1, -0.05) is 6.92 Å². The van der Waals surface area contributed by atoms with Crippen LogP contribution in [0.5, 0.6) is 0 Å². The lowest BCUT2D eigenvalue weighted by atomic mass is 10.3. The fourth-order valence-electron chi connectivity index (χ4n) is 2.80. The van der Waals surface area contributed by atoms with Crippen LogP contribution in [0.15, 0.2) is 21.5 Å². The maximum Gasteiger partial charge on any atom is 0.284 e. The quantitative estimate of drug-likeness (QED) is 0.559. The molecular formula is C17H25N7O2S. The Morgan fingerprint density at radius 1 is 1.33 bits per heavy atom. The van der Waals surface area contributed by atoms with Crippen molar-refractivity contribution < 1.29 is 9.21 Å². The second-order valence-corrected chi connectivity index (χ2v) is 6.85. The fraction of sp³-hybridized carbons (Fsp3) is 0.529. The minimum atomic E-state index is -0.573. The summed E-state index contributed by atoms with van der Waals surface area (Å²) in [4.78, 5) is 24.8. The lowest BCUT2D eigenvalue weighted by Gasteiger charge is -2.36. The van der Waals surface area contributed by atoms with E-state index >= 15 is 0 Å². The first kappa shape index (κ1) is 19.2. The Hall–Kier alpha value is -2.62. The number of hydrogen-bond acceptors (Lipinski definition) is 7. The molecule has 3 rings (SSSR count). The number of amides is 1. The van der Waals surface area contributed by atoms with Crippen molar-refractivity contribution in [1.29, 1.82) is 0 Å². The number of anilines is 1. The Morgan fingerprint density at radius 2 is 2.11 bits per heavy atom. The number of guanidine groups is 1. The second kappa shape index (κ2) is 8.85. The third-order valence-corrected chi connectivity index (χ3v) is 5.06. The molecule has 0 aromatic carbocycles. The van der Waals surface area contributed by atoms with E-state index in [1.54, 1.807) is 12.1 Å². The van der Waals surface area contributed by atoms with E-state index < -0.39 is 5.91 Å². The highest BCUT2D eigenvalue weighted by molar-refractivity contribution is 7.09. The van der Waals surface area contributed by atoms with E-state index in [2.05, 4.69) is 36.4 Å². The fourth-order valence-corrected chi connectivity index (χ4v) is 3.60. The van der Waals surface area contributed by atoms with Gasteiger partial charge in [0.05, 0.1) is 0 Å². The molecule has 2 aromatic heterocycles. The predicted molar refractivity (Wildman–Crippen MR) is 105 cm³/mol. The Morgan fingerprint density at radius 3 is 2.70 bits per heavy atom. The zero-order valence-electron chi connectivity index (χ0n) is 15.6. The molecule has 146 valence electrons. The molecule has 0 atom stereocenters. The molecule has 10 heteroatoms. The first-order chi connectivity index (χ1) is 13.1. The number of nitrogens with two attached hydrogens (primary N) is 1. The number of aromatic nitrogens is 2. The average Bonchev–Trinajstić information content (AvgIpc) is 3.35. The van der Waals surface area contributed by atoms with Gasteiger partial charge in [-0.3, -0.25) is 4.79 Å². The number of furan rings is 1. The SMILES string of the molecule is CCNC(=NCc1ccc(C(N)=O)o1)N1CCN(c2nc(CC)ns2)CC1. The van der Waals surface area contributed by atoms with Crippen LogP contribution in [0.2, 0.25) is 0 Å². The third-order valence-electron chi connectivity index (χ3n) is 4.25. The summed E-state index contributed by atoms with van der Waals surface area (Å²) in [5.74, 6) is 1.93. The van der Waals surface area contributed by atoms with Crippen LogP contribution in [0.4, 0.5) is 5.13 Å². The van der Waals surface area contributed by atoms with Crippen LogP contribution in [0, 0.1) is 0 Å². The number of piperazine rings is 1. The molecule has 27 heavy (non-hydrogen) atoms. The molecular weight excluding hydrogens is 366 g/mol. The molecule has 0 spiro atoms. The maximum atomic E-state index is 11.1. The third kappa shape index (κ3) is 4.76. The van der Waals surface area contributed by atoms with Crippen LogP contribution < -0.4 is 16.0 Å². The molecule has 9 nitrogen and oxygen atoms in total. The van der Waals surface area contributed by atoms with Crippen LogP contribution in [0.25, 0.3) is 0 Å². The molecule has 1 aliphatic rings. The molecule has 3 N–H and O–H groups in total. The Labute approximate surface area is 162 Å². The van der Waals surface area contributed by atoms with Crippen LogP contribution in [0.3, 0.4) is 0 Å². The molecule has 0 bridgehead atoms. The molecule has 3 heterocycles. The summed E-state index contributed by atoms with van der Waals surface area (Å²) >= 11 is 1.46. The summed E-state index contributed by atoms with van der Waals surface area (Å²) in [6.45, 7) is 8.66. The maximum absolute atomic E-state index is 11.1. The van der Waals surface area contributed by atoms with Crippen molar-refractivity contribution in [2.75, 3.05) is 37.6 Å². The van der Waals surface area contributed by atoms with Crippen molar-refractivity contribution in [2.45, 2.75) is 26.8 Å². The van der Waals surface area contributed by atoms with Gasteiger partial charge in [0.15, 0.2) is 11.7 Å². The highest BCUT2D eigenvalue weighted by Crippen LogP contribution is 2.19. The Balaban J connectivity index is 1.60. The lowest BCUT2D eigenvalue weighted by Crippen LogP contribution is -2.52. The molecule has 1 aliphatic heterocycles. The molecule has 0 unspecified atom stereocenters. The van der Waals surface area contributed by atoms with Crippen molar-refractivity contribution in [1.82, 2.24) is 19.6 Å². The second-order valence-electron chi connectivity index (χ2n) is 6.12. The average molecular weight is 392 g/mol. The van der Waals surface area contributed by atoms with Crippen molar-refractivity contribution in [2.24, 2.45) is 10.7 Å². The van der Waals surface area contributed by atoms with Gasteiger partial charge in [0, 0.05) is 50.7 Å². The monoisotopic (exact) mass is 391 g/mol. The van der Waals surface area contributed by atoms with E-state index in [1.807, 2.05) is 6.92 Å². The van der Waals surface area contributed by atoms with Crippen molar-refractivity contribution >= 4 is 28.5 Å². The van der Waals surface area contributed by atoms with Gasteiger partial charge in [-0.15, -0.1) is 0 Å². The minimum absolute atomic E-state index is 0.155. The van der Waals surface area contributed by atoms with Crippen LogP contribution in [-0.2, 0) is 13.0 Å². The summed E-state index contributed by atoms with van der Waals surface area (Å²) in [6, 6.07) is 3.30. The van der Waals surface area contributed by atoms with E-state index in [4.69, 9.17) is 10.2 Å². The molecule has 1 amide bonds. The number of aryl methyl sites for hydroxylation is 1. The summed E-state index contributed by atoms with van der Waals surface area (Å²) in [5.41, 5.74) is 5.22. The van der Waals surface area contributed by atoms with E-state index in [0.29, 0.717) is 12.3 Å². The molecule has 0 radical (unpaired) electrons. The first-order valence-corrected chi connectivity index (χ1v) is 9.87. The summed E-state index contributed by atoms with van der Waals surface area (Å²) < 4.78 is 9.77. The molecule has 0 saturated carbocycles. The zero-order valence-corrected chi connectivity index (χ0v) is 16.5. The van der Waals surface area contributed by atoms with Crippen molar-refractivity contribution in [3.05, 3.63) is 29.5 Å². The predicted octanol–water partition coefficient (Wildman–Crippen LogP) is 1.08. The number of primary amides is 1.